The topological polar surface area (TPSA) is 24.5 Å². The van der Waals surface area contributed by atoms with Crippen LogP contribution in [0.15, 0.2) is 18.2 Å². The van der Waals surface area contributed by atoms with Crippen LogP contribution in [0.1, 0.15) is 19.8 Å². The lowest BCUT2D eigenvalue weighted by atomic mass is 10.1. The van der Waals surface area contributed by atoms with Gasteiger partial charge in [-0.3, -0.25) is 0 Å². The number of halogens is 1. The van der Waals surface area contributed by atoms with E-state index >= 15 is 0 Å². The van der Waals surface area contributed by atoms with Crippen molar-refractivity contribution in [2.75, 3.05) is 38.2 Å². The maximum atomic E-state index is 13.4. The minimum atomic E-state index is -0.299. The molecule has 1 fully saturated rings. The van der Waals surface area contributed by atoms with Crippen LogP contribution in [-0.4, -0.2) is 33.3 Å². The molecule has 1 atom stereocenters. The number of nitrogens with one attached hydrogen (secondary N) is 1. The van der Waals surface area contributed by atoms with Gasteiger partial charge in [-0.2, -0.15) is 0 Å². The van der Waals surface area contributed by atoms with Gasteiger partial charge in [0.15, 0.2) is 11.6 Å². The highest BCUT2D eigenvalue weighted by molar-refractivity contribution is 5.52. The summed E-state index contributed by atoms with van der Waals surface area (Å²) in [5.41, 5.74) is 1.05. The Morgan fingerprint density at radius 3 is 3.05 bits per heavy atom. The van der Waals surface area contributed by atoms with Crippen LogP contribution in [0.4, 0.5) is 10.1 Å². The highest BCUT2D eigenvalue weighted by Crippen LogP contribution is 2.28. The number of rotatable bonds is 6. The summed E-state index contributed by atoms with van der Waals surface area (Å²) in [6.07, 6.45) is 2.36. The fourth-order valence-corrected chi connectivity index (χ4v) is 2.56. The number of methoxy groups -OCH3 is 1. The van der Waals surface area contributed by atoms with E-state index in [9.17, 15) is 4.39 Å². The van der Waals surface area contributed by atoms with Crippen molar-refractivity contribution in [1.82, 2.24) is 5.32 Å². The fraction of sp³-hybridized carbons (Fsp3) is 0.600. The minimum Gasteiger partial charge on any atom is -0.494 e. The SMILES string of the molecule is CCCNCC1CCN(c2ccc(F)c(OC)c2)C1. The second kappa shape index (κ2) is 6.75. The lowest BCUT2D eigenvalue weighted by Gasteiger charge is -2.19. The Kier molecular flexibility index (Phi) is 5.02. The Labute approximate surface area is 114 Å². The van der Waals surface area contributed by atoms with Crippen LogP contribution in [0.3, 0.4) is 0 Å². The van der Waals surface area contributed by atoms with Crippen molar-refractivity contribution in [2.45, 2.75) is 19.8 Å². The quantitative estimate of drug-likeness (QED) is 0.801. The molecular weight excluding hydrogens is 243 g/mol. The average molecular weight is 266 g/mol. The maximum Gasteiger partial charge on any atom is 0.165 e. The molecule has 4 heteroatoms. The fourth-order valence-electron chi connectivity index (χ4n) is 2.56. The Hall–Kier alpha value is -1.29. The molecule has 0 radical (unpaired) electrons. The van der Waals surface area contributed by atoms with Crippen molar-refractivity contribution in [3.8, 4) is 5.75 Å². The van der Waals surface area contributed by atoms with Crippen LogP contribution in [0.25, 0.3) is 0 Å². The van der Waals surface area contributed by atoms with Gasteiger partial charge in [-0.25, -0.2) is 4.39 Å². The standard InChI is InChI=1S/C15H23FN2O/c1-3-7-17-10-12-6-8-18(11-12)13-4-5-14(16)15(9-13)19-2/h4-5,9,12,17H,3,6-8,10-11H2,1-2H3. The van der Waals surface area contributed by atoms with Gasteiger partial charge in [0.1, 0.15) is 0 Å². The largest absolute Gasteiger partial charge is 0.494 e. The van der Waals surface area contributed by atoms with Gasteiger partial charge in [0.05, 0.1) is 7.11 Å². The zero-order chi connectivity index (χ0) is 13.7. The van der Waals surface area contributed by atoms with Crippen molar-refractivity contribution < 1.29 is 9.13 Å². The molecule has 0 amide bonds. The van der Waals surface area contributed by atoms with Crippen molar-refractivity contribution in [3.05, 3.63) is 24.0 Å². The molecule has 1 saturated heterocycles. The Balaban J connectivity index is 1.93. The molecule has 1 aromatic rings. The molecule has 1 heterocycles. The predicted octanol–water partition coefficient (Wildman–Crippen LogP) is 2.66. The van der Waals surface area contributed by atoms with E-state index in [4.69, 9.17) is 4.74 Å². The van der Waals surface area contributed by atoms with Gasteiger partial charge in [-0.15, -0.1) is 0 Å². The molecule has 19 heavy (non-hydrogen) atoms. The lowest BCUT2D eigenvalue weighted by molar-refractivity contribution is 0.386. The van der Waals surface area contributed by atoms with Gasteiger partial charge in [-0.1, -0.05) is 6.92 Å². The zero-order valence-corrected chi connectivity index (χ0v) is 11.8. The summed E-state index contributed by atoms with van der Waals surface area (Å²) in [7, 11) is 1.50. The first kappa shape index (κ1) is 14.1. The Morgan fingerprint density at radius 1 is 1.47 bits per heavy atom. The van der Waals surface area contributed by atoms with Crippen molar-refractivity contribution in [2.24, 2.45) is 5.92 Å². The number of hydrogen-bond acceptors (Lipinski definition) is 3. The van der Waals surface area contributed by atoms with Gasteiger partial charge in [0, 0.05) is 24.8 Å². The lowest BCUT2D eigenvalue weighted by Crippen LogP contribution is -2.26. The van der Waals surface area contributed by atoms with E-state index in [0.717, 1.165) is 31.9 Å². The summed E-state index contributed by atoms with van der Waals surface area (Å²) in [6.45, 7) is 6.40. The number of ether oxygens (including phenoxy) is 1. The summed E-state index contributed by atoms with van der Waals surface area (Å²) in [6, 6.07) is 5.10. The van der Waals surface area contributed by atoms with E-state index < -0.39 is 0 Å². The molecular formula is C15H23FN2O. The van der Waals surface area contributed by atoms with E-state index in [0.29, 0.717) is 11.7 Å². The van der Waals surface area contributed by atoms with Crippen LogP contribution in [0.2, 0.25) is 0 Å². The Bertz CT molecular complexity index is 411. The second-order valence-corrected chi connectivity index (χ2v) is 5.12. The molecule has 1 aromatic carbocycles. The third kappa shape index (κ3) is 3.60. The van der Waals surface area contributed by atoms with E-state index in [1.165, 1.54) is 26.0 Å². The molecule has 0 aromatic heterocycles. The van der Waals surface area contributed by atoms with Gasteiger partial charge in [0.2, 0.25) is 0 Å². The summed E-state index contributed by atoms with van der Waals surface area (Å²) in [5, 5.41) is 3.47. The van der Waals surface area contributed by atoms with Gasteiger partial charge >= 0.3 is 0 Å². The first-order valence-corrected chi connectivity index (χ1v) is 7.03. The molecule has 106 valence electrons. The third-order valence-electron chi connectivity index (χ3n) is 3.65. The van der Waals surface area contributed by atoms with E-state index in [2.05, 4.69) is 17.1 Å². The molecule has 0 bridgehead atoms. The normalized spacial score (nSPS) is 18.9. The molecule has 1 N–H and O–H groups in total. The molecule has 1 aliphatic rings. The molecule has 1 unspecified atom stereocenters. The molecule has 0 saturated carbocycles. The van der Waals surface area contributed by atoms with Crippen LogP contribution in [-0.2, 0) is 0 Å². The van der Waals surface area contributed by atoms with E-state index in [-0.39, 0.29) is 5.82 Å². The van der Waals surface area contributed by atoms with E-state index in [1.807, 2.05) is 6.07 Å². The number of anilines is 1. The summed E-state index contributed by atoms with van der Waals surface area (Å²) >= 11 is 0. The Morgan fingerprint density at radius 2 is 2.32 bits per heavy atom. The average Bonchev–Trinajstić information content (AvgIpc) is 2.88. The molecule has 0 aliphatic carbocycles. The van der Waals surface area contributed by atoms with Crippen LogP contribution >= 0.6 is 0 Å². The highest BCUT2D eigenvalue weighted by atomic mass is 19.1. The number of benzene rings is 1. The van der Waals surface area contributed by atoms with Gasteiger partial charge in [-0.05, 0) is 44.0 Å². The van der Waals surface area contributed by atoms with E-state index in [1.54, 1.807) is 6.07 Å². The molecule has 1 aliphatic heterocycles. The summed E-state index contributed by atoms with van der Waals surface area (Å²) in [5.74, 6) is 0.708. The van der Waals surface area contributed by atoms with Crippen molar-refractivity contribution in [1.29, 1.82) is 0 Å². The molecule has 0 spiro atoms. The predicted molar refractivity (Wildman–Crippen MR) is 76.4 cm³/mol. The molecule has 2 rings (SSSR count). The zero-order valence-electron chi connectivity index (χ0n) is 11.8. The minimum absolute atomic E-state index is 0.299. The smallest absolute Gasteiger partial charge is 0.165 e. The third-order valence-corrected chi connectivity index (χ3v) is 3.65. The first-order chi connectivity index (χ1) is 9.24. The maximum absolute atomic E-state index is 13.4. The van der Waals surface area contributed by atoms with Gasteiger partial charge in [0.25, 0.3) is 0 Å². The highest BCUT2D eigenvalue weighted by Gasteiger charge is 2.22. The summed E-state index contributed by atoms with van der Waals surface area (Å²) in [4.78, 5) is 2.31. The second-order valence-electron chi connectivity index (χ2n) is 5.12. The van der Waals surface area contributed by atoms with Crippen molar-refractivity contribution >= 4 is 5.69 Å². The first-order valence-electron chi connectivity index (χ1n) is 7.03. The number of hydrogen-bond donors (Lipinski definition) is 1. The summed E-state index contributed by atoms with van der Waals surface area (Å²) < 4.78 is 18.4. The molecule has 3 nitrogen and oxygen atoms in total. The van der Waals surface area contributed by atoms with Crippen LogP contribution in [0, 0.1) is 11.7 Å². The monoisotopic (exact) mass is 266 g/mol. The van der Waals surface area contributed by atoms with Gasteiger partial charge < -0.3 is 15.0 Å². The van der Waals surface area contributed by atoms with Crippen LogP contribution in [0.5, 0.6) is 5.75 Å². The van der Waals surface area contributed by atoms with Crippen molar-refractivity contribution in [3.63, 3.8) is 0 Å². The van der Waals surface area contributed by atoms with Crippen LogP contribution < -0.4 is 15.0 Å². The number of nitrogens with zero attached hydrogens (tertiary/aromatic N) is 1.